The molecule has 1 aromatic heterocycles. The smallest absolute Gasteiger partial charge is 0.137 e. The molecule has 0 saturated carbocycles. The molecule has 2 aromatic carbocycles. The van der Waals surface area contributed by atoms with Gasteiger partial charge in [-0.25, -0.2) is 0 Å². The van der Waals surface area contributed by atoms with E-state index in [-0.39, 0.29) is 0 Å². The quantitative estimate of drug-likeness (QED) is 0.690. The normalized spacial score (nSPS) is 10.6. The van der Waals surface area contributed by atoms with E-state index in [4.69, 9.17) is 4.74 Å². The molecule has 2 nitrogen and oxygen atoms in total. The van der Waals surface area contributed by atoms with E-state index in [9.17, 15) is 0 Å². The third-order valence-electron chi connectivity index (χ3n) is 3.21. The molecule has 0 unspecified atom stereocenters. The fourth-order valence-corrected chi connectivity index (χ4v) is 4.36. The van der Waals surface area contributed by atoms with Crippen LogP contribution < -0.4 is 20.8 Å². The van der Waals surface area contributed by atoms with Crippen LogP contribution >= 0.6 is 7.92 Å². The molecular weight excluding hydrogens is 277 g/mol. The van der Waals surface area contributed by atoms with Gasteiger partial charge in [-0.2, -0.15) is 0 Å². The Balaban J connectivity index is 2.07. The fraction of sp³-hybridized carbons (Fsp3) is 0.0556. The lowest BCUT2D eigenvalue weighted by Gasteiger charge is -2.18. The van der Waals surface area contributed by atoms with Gasteiger partial charge < -0.3 is 4.74 Å². The first-order valence-electron chi connectivity index (χ1n) is 6.79. The van der Waals surface area contributed by atoms with Gasteiger partial charge in [0.15, 0.2) is 0 Å². The van der Waals surface area contributed by atoms with Crippen molar-refractivity contribution in [3.05, 3.63) is 79.0 Å². The number of hydrogen-bond donors (Lipinski definition) is 0. The second-order valence-electron chi connectivity index (χ2n) is 4.56. The van der Waals surface area contributed by atoms with Crippen LogP contribution in [0.25, 0.3) is 0 Å². The monoisotopic (exact) mass is 293 g/mol. The Morgan fingerprint density at radius 2 is 1.33 bits per heavy atom. The van der Waals surface area contributed by atoms with Crippen molar-refractivity contribution in [3.8, 4) is 5.75 Å². The molecule has 0 atom stereocenters. The van der Waals surface area contributed by atoms with Gasteiger partial charge >= 0.3 is 0 Å². The van der Waals surface area contributed by atoms with Gasteiger partial charge in [0.05, 0.1) is 18.7 Å². The average molecular weight is 293 g/mol. The third kappa shape index (κ3) is 3.12. The van der Waals surface area contributed by atoms with Gasteiger partial charge in [0.1, 0.15) is 5.75 Å². The highest BCUT2D eigenvalue weighted by Gasteiger charge is 2.17. The summed E-state index contributed by atoms with van der Waals surface area (Å²) in [6.07, 6.45) is 1.79. The highest BCUT2D eigenvalue weighted by molar-refractivity contribution is 7.79. The van der Waals surface area contributed by atoms with E-state index in [0.717, 1.165) is 11.2 Å². The number of benzene rings is 2. The minimum absolute atomic E-state index is 0.630. The number of rotatable bonds is 4. The Morgan fingerprint density at radius 3 is 1.76 bits per heavy atom. The maximum atomic E-state index is 5.21. The maximum Gasteiger partial charge on any atom is 0.137 e. The zero-order chi connectivity index (χ0) is 14.5. The van der Waals surface area contributed by atoms with E-state index >= 15 is 0 Å². The Hall–Kier alpha value is -2.18. The molecule has 0 bridgehead atoms. The Kier molecular flexibility index (Phi) is 4.28. The largest absolute Gasteiger partial charge is 0.495 e. The predicted molar refractivity (Wildman–Crippen MR) is 89.5 cm³/mol. The van der Waals surface area contributed by atoms with Gasteiger partial charge in [0.2, 0.25) is 0 Å². The van der Waals surface area contributed by atoms with Gasteiger partial charge in [0.25, 0.3) is 0 Å². The highest BCUT2D eigenvalue weighted by atomic mass is 31.1. The number of pyridine rings is 1. The van der Waals surface area contributed by atoms with E-state index in [0.29, 0.717) is 0 Å². The summed E-state index contributed by atoms with van der Waals surface area (Å²) in [5.41, 5.74) is 1.09. The van der Waals surface area contributed by atoms with E-state index in [1.165, 1.54) is 10.6 Å². The van der Waals surface area contributed by atoms with Gasteiger partial charge in [-0.3, -0.25) is 4.98 Å². The number of hydrogen-bond acceptors (Lipinski definition) is 2. The maximum absolute atomic E-state index is 5.21. The number of aromatic nitrogens is 1. The van der Waals surface area contributed by atoms with Crippen molar-refractivity contribution >= 4 is 24.0 Å². The Bertz CT molecular complexity index is 644. The van der Waals surface area contributed by atoms with E-state index in [1.54, 1.807) is 13.3 Å². The van der Waals surface area contributed by atoms with Gasteiger partial charge in [-0.15, -0.1) is 0 Å². The number of nitrogens with zero attached hydrogens (tertiary/aromatic N) is 1. The molecule has 1 heterocycles. The molecule has 3 aromatic rings. The van der Waals surface area contributed by atoms with Crippen LogP contribution in [0.4, 0.5) is 0 Å². The van der Waals surface area contributed by atoms with E-state index < -0.39 is 7.92 Å². The summed E-state index contributed by atoms with van der Waals surface area (Å²) in [4.78, 5) is 4.61. The second-order valence-corrected chi connectivity index (χ2v) is 6.72. The summed E-state index contributed by atoms with van der Waals surface area (Å²) in [6, 6.07) is 25.1. The topological polar surface area (TPSA) is 22.1 Å². The van der Waals surface area contributed by atoms with Crippen LogP contribution in [0.15, 0.2) is 79.0 Å². The SMILES string of the molecule is COc1ccc(P(c2ccccc2)c2ccccc2)nc1. The molecule has 0 aliphatic rings. The van der Waals surface area contributed by atoms with Crippen LogP contribution in [0.2, 0.25) is 0 Å². The Labute approximate surface area is 126 Å². The van der Waals surface area contributed by atoms with Crippen LogP contribution in [0.1, 0.15) is 0 Å². The third-order valence-corrected chi connectivity index (χ3v) is 5.57. The van der Waals surface area contributed by atoms with Crippen molar-refractivity contribution < 1.29 is 4.74 Å². The van der Waals surface area contributed by atoms with Gasteiger partial charge in [-0.1, -0.05) is 60.7 Å². The van der Waals surface area contributed by atoms with Crippen LogP contribution in [-0.2, 0) is 0 Å². The van der Waals surface area contributed by atoms with E-state index in [1.807, 2.05) is 18.2 Å². The summed E-state index contributed by atoms with van der Waals surface area (Å²) in [5.74, 6) is 0.787. The molecule has 3 heteroatoms. The Morgan fingerprint density at radius 1 is 0.762 bits per heavy atom. The van der Waals surface area contributed by atoms with Crippen LogP contribution in [-0.4, -0.2) is 12.1 Å². The molecule has 0 amide bonds. The van der Waals surface area contributed by atoms with Gasteiger partial charge in [-0.05, 0) is 22.7 Å². The van der Waals surface area contributed by atoms with Crippen molar-refractivity contribution in [1.29, 1.82) is 0 Å². The number of ether oxygens (including phenoxy) is 1. The van der Waals surface area contributed by atoms with Crippen molar-refractivity contribution in [2.75, 3.05) is 7.11 Å². The summed E-state index contributed by atoms with van der Waals surface area (Å²) >= 11 is 0. The molecule has 3 rings (SSSR count). The lowest BCUT2D eigenvalue weighted by atomic mass is 10.4. The first-order valence-corrected chi connectivity index (χ1v) is 8.13. The van der Waals surface area contributed by atoms with Crippen molar-refractivity contribution in [3.63, 3.8) is 0 Å². The first kappa shape index (κ1) is 13.8. The molecule has 0 aliphatic carbocycles. The molecular formula is C18H16NOP. The summed E-state index contributed by atoms with van der Waals surface area (Å²) in [7, 11) is 1.03. The minimum Gasteiger partial charge on any atom is -0.495 e. The van der Waals surface area contributed by atoms with E-state index in [2.05, 4.69) is 59.6 Å². The first-order chi connectivity index (χ1) is 10.4. The summed E-state index contributed by atoms with van der Waals surface area (Å²) < 4.78 is 5.21. The van der Waals surface area contributed by atoms with Crippen molar-refractivity contribution in [1.82, 2.24) is 4.98 Å². The minimum atomic E-state index is -0.630. The van der Waals surface area contributed by atoms with Gasteiger partial charge in [0, 0.05) is 7.92 Å². The molecule has 0 aliphatic heterocycles. The van der Waals surface area contributed by atoms with Crippen molar-refractivity contribution in [2.45, 2.75) is 0 Å². The average Bonchev–Trinajstić information content (AvgIpc) is 2.58. The molecule has 0 N–H and O–H groups in total. The summed E-state index contributed by atoms with van der Waals surface area (Å²) in [5, 5.41) is 2.60. The molecule has 0 spiro atoms. The zero-order valence-corrected chi connectivity index (χ0v) is 12.7. The molecule has 21 heavy (non-hydrogen) atoms. The standard InChI is InChI=1S/C18H16NOP/c1-20-15-12-13-18(19-14-15)21(16-8-4-2-5-9-16)17-10-6-3-7-11-17/h2-14H,1H3. The molecule has 0 fully saturated rings. The summed E-state index contributed by atoms with van der Waals surface area (Å²) in [6.45, 7) is 0. The predicted octanol–water partition coefficient (Wildman–Crippen LogP) is 2.85. The number of methoxy groups -OCH3 is 1. The molecule has 0 radical (unpaired) electrons. The van der Waals surface area contributed by atoms with Crippen LogP contribution in [0.5, 0.6) is 5.75 Å². The fourth-order valence-electron chi connectivity index (χ4n) is 2.19. The highest BCUT2D eigenvalue weighted by Crippen LogP contribution is 2.31. The molecule has 104 valence electrons. The zero-order valence-electron chi connectivity index (χ0n) is 11.8. The van der Waals surface area contributed by atoms with Crippen LogP contribution in [0.3, 0.4) is 0 Å². The molecule has 0 saturated heterocycles. The van der Waals surface area contributed by atoms with Crippen molar-refractivity contribution in [2.24, 2.45) is 0 Å². The second kappa shape index (κ2) is 6.51. The lowest BCUT2D eigenvalue weighted by molar-refractivity contribution is 0.413. The lowest BCUT2D eigenvalue weighted by Crippen LogP contribution is -2.22. The van der Waals surface area contributed by atoms with Crippen LogP contribution in [0, 0.1) is 0 Å².